The molecule has 0 bridgehead atoms. The molecule has 0 radical (unpaired) electrons. The molecule has 0 atom stereocenters. The summed E-state index contributed by atoms with van der Waals surface area (Å²) in [4.78, 5) is 17.3. The van der Waals surface area contributed by atoms with E-state index in [1.807, 2.05) is 37.3 Å². The molecule has 0 unspecified atom stereocenters. The monoisotopic (exact) mass is 453 g/mol. The maximum absolute atomic E-state index is 12.8. The van der Waals surface area contributed by atoms with Crippen LogP contribution in [0.3, 0.4) is 0 Å². The number of benzene rings is 2. The number of alkyl halides is 3. The van der Waals surface area contributed by atoms with Crippen molar-refractivity contribution in [3.8, 4) is 0 Å². The Morgan fingerprint density at radius 2 is 1.84 bits per heavy atom. The van der Waals surface area contributed by atoms with Gasteiger partial charge in [0, 0.05) is 19.6 Å². The van der Waals surface area contributed by atoms with Crippen molar-refractivity contribution >= 4 is 28.9 Å². The number of rotatable bonds is 5. The van der Waals surface area contributed by atoms with Crippen molar-refractivity contribution in [1.29, 1.82) is 0 Å². The van der Waals surface area contributed by atoms with Gasteiger partial charge in [-0.1, -0.05) is 47.1 Å². The van der Waals surface area contributed by atoms with Crippen molar-refractivity contribution in [3.05, 3.63) is 63.7 Å². The Morgan fingerprint density at radius 3 is 2.48 bits per heavy atom. The van der Waals surface area contributed by atoms with Gasteiger partial charge in [-0.3, -0.25) is 4.79 Å². The third-order valence-electron chi connectivity index (χ3n) is 5.24. The van der Waals surface area contributed by atoms with Crippen LogP contribution in [0.4, 0.5) is 18.9 Å². The number of carbonyl (C=O) groups is 1. The fraction of sp³-hybridized carbons (Fsp3) is 0.364. The first-order valence-electron chi connectivity index (χ1n) is 9.78. The Bertz CT molecular complexity index is 975. The number of nitrogens with one attached hydrogen (secondary N) is 1. The lowest BCUT2D eigenvalue weighted by atomic mass is 10.0. The Hall–Kier alpha value is -2.74. The van der Waals surface area contributed by atoms with Gasteiger partial charge in [-0.2, -0.15) is 13.2 Å². The molecular weight excluding hydrogens is 431 g/mol. The van der Waals surface area contributed by atoms with Crippen molar-refractivity contribution in [1.82, 2.24) is 4.90 Å². The highest BCUT2D eigenvalue weighted by atomic mass is 35.5. The van der Waals surface area contributed by atoms with E-state index < -0.39 is 12.1 Å². The van der Waals surface area contributed by atoms with Crippen LogP contribution in [0.2, 0.25) is 5.02 Å². The molecule has 0 fully saturated rings. The Morgan fingerprint density at radius 1 is 1.16 bits per heavy atom. The molecule has 0 spiro atoms. The summed E-state index contributed by atoms with van der Waals surface area (Å²) in [5.74, 6) is -1.80. The topological polar surface area (TPSA) is 53.9 Å². The van der Waals surface area contributed by atoms with E-state index in [0.717, 1.165) is 32.9 Å². The second kappa shape index (κ2) is 9.60. The highest BCUT2D eigenvalue weighted by Gasteiger charge is 2.42. The van der Waals surface area contributed by atoms with Crippen molar-refractivity contribution in [2.45, 2.75) is 32.5 Å². The van der Waals surface area contributed by atoms with E-state index in [1.165, 1.54) is 7.11 Å². The van der Waals surface area contributed by atoms with Crippen LogP contribution in [0, 0.1) is 0 Å². The van der Waals surface area contributed by atoms with Crippen molar-refractivity contribution in [2.75, 3.05) is 25.5 Å². The summed E-state index contributed by atoms with van der Waals surface area (Å²) in [7, 11) is 1.49. The molecule has 31 heavy (non-hydrogen) atoms. The van der Waals surface area contributed by atoms with Gasteiger partial charge in [-0.25, -0.2) is 0 Å². The average Bonchev–Trinajstić information content (AvgIpc) is 2.95. The predicted molar refractivity (Wildman–Crippen MR) is 114 cm³/mol. The molecule has 0 saturated heterocycles. The van der Waals surface area contributed by atoms with E-state index in [4.69, 9.17) is 16.4 Å². The van der Waals surface area contributed by atoms with Crippen LogP contribution in [-0.2, 0) is 29.0 Å². The van der Waals surface area contributed by atoms with Gasteiger partial charge in [-0.05, 0) is 48.1 Å². The molecule has 5 nitrogen and oxygen atoms in total. The zero-order valence-corrected chi connectivity index (χ0v) is 18.0. The van der Waals surface area contributed by atoms with Gasteiger partial charge in [0.25, 0.3) is 0 Å². The number of hydrogen-bond donors (Lipinski definition) is 1. The molecule has 1 aliphatic heterocycles. The van der Waals surface area contributed by atoms with E-state index >= 15 is 0 Å². The third kappa shape index (κ3) is 5.50. The molecule has 3 rings (SSSR count). The van der Waals surface area contributed by atoms with E-state index in [9.17, 15) is 18.0 Å². The maximum Gasteiger partial charge on any atom is 0.471 e. The fourth-order valence-electron chi connectivity index (χ4n) is 3.61. The zero-order chi connectivity index (χ0) is 22.6. The third-order valence-corrected chi connectivity index (χ3v) is 5.56. The van der Waals surface area contributed by atoms with Gasteiger partial charge in [0.05, 0.1) is 16.4 Å². The molecule has 0 saturated carbocycles. The maximum atomic E-state index is 12.8. The number of amides is 1. The van der Waals surface area contributed by atoms with E-state index in [0.29, 0.717) is 30.1 Å². The Kier molecular flexibility index (Phi) is 7.10. The summed E-state index contributed by atoms with van der Waals surface area (Å²) in [5, 5.41) is 7.72. The molecule has 1 heterocycles. The van der Waals surface area contributed by atoms with Crippen LogP contribution in [0.5, 0.6) is 0 Å². The van der Waals surface area contributed by atoms with Crippen LogP contribution in [0.25, 0.3) is 0 Å². The summed E-state index contributed by atoms with van der Waals surface area (Å²) in [5.41, 5.74) is 5.14. The summed E-state index contributed by atoms with van der Waals surface area (Å²) in [6, 6.07) is 11.3. The highest BCUT2D eigenvalue weighted by molar-refractivity contribution is 6.33. The number of halogens is 4. The smallest absolute Gasteiger partial charge is 0.399 e. The summed E-state index contributed by atoms with van der Waals surface area (Å²) in [6.07, 6.45) is -4.23. The first kappa shape index (κ1) is 22.9. The van der Waals surface area contributed by atoms with Gasteiger partial charge in [0.15, 0.2) is 0 Å². The molecule has 2 aromatic rings. The number of nitrogens with zero attached hydrogens (tertiary/aromatic N) is 2. The lowest BCUT2D eigenvalue weighted by molar-refractivity contribution is -0.185. The minimum absolute atomic E-state index is 0.00677. The molecule has 0 aliphatic carbocycles. The molecule has 9 heteroatoms. The zero-order valence-electron chi connectivity index (χ0n) is 17.2. The van der Waals surface area contributed by atoms with Crippen molar-refractivity contribution in [3.63, 3.8) is 0 Å². The summed E-state index contributed by atoms with van der Waals surface area (Å²) < 4.78 is 38.5. The molecule has 166 valence electrons. The first-order valence-corrected chi connectivity index (χ1v) is 10.2. The van der Waals surface area contributed by atoms with Crippen LogP contribution in [0.1, 0.15) is 29.2 Å². The fourth-order valence-corrected chi connectivity index (χ4v) is 3.86. The normalized spacial score (nSPS) is 14.6. The predicted octanol–water partition coefficient (Wildman–Crippen LogP) is 4.81. The molecule has 0 aromatic heterocycles. The van der Waals surface area contributed by atoms with Crippen molar-refractivity contribution in [2.24, 2.45) is 5.16 Å². The lowest BCUT2D eigenvalue weighted by Crippen LogP contribution is -2.42. The SMILES string of the molecule is CON=C(C)c1ccc(CNc2c(Cl)ccc3c2CCN(C(=O)C(F)(F)F)CC3)cc1. The van der Waals surface area contributed by atoms with E-state index in [1.54, 1.807) is 6.07 Å². The molecule has 1 aliphatic rings. The van der Waals surface area contributed by atoms with Crippen LogP contribution < -0.4 is 5.32 Å². The average molecular weight is 454 g/mol. The van der Waals surface area contributed by atoms with Crippen LogP contribution >= 0.6 is 11.6 Å². The number of carbonyl (C=O) groups excluding carboxylic acids is 1. The minimum Gasteiger partial charge on any atom is -0.399 e. The van der Waals surface area contributed by atoms with E-state index in [2.05, 4.69) is 10.5 Å². The Labute approximate surface area is 183 Å². The number of hydrogen-bond acceptors (Lipinski definition) is 4. The lowest BCUT2D eigenvalue weighted by Gasteiger charge is -2.21. The summed E-state index contributed by atoms with van der Waals surface area (Å²) >= 11 is 6.40. The minimum atomic E-state index is -4.87. The first-order chi connectivity index (χ1) is 14.7. The largest absolute Gasteiger partial charge is 0.471 e. The molecule has 1 amide bonds. The number of oxime groups is 1. The van der Waals surface area contributed by atoms with Gasteiger partial charge in [0.1, 0.15) is 7.11 Å². The van der Waals surface area contributed by atoms with Gasteiger partial charge < -0.3 is 15.1 Å². The second-order valence-electron chi connectivity index (χ2n) is 7.26. The van der Waals surface area contributed by atoms with Crippen LogP contribution in [0.15, 0.2) is 41.6 Å². The van der Waals surface area contributed by atoms with E-state index in [-0.39, 0.29) is 13.1 Å². The number of fused-ring (bicyclic) bond motifs is 1. The van der Waals surface area contributed by atoms with Gasteiger partial charge >= 0.3 is 12.1 Å². The van der Waals surface area contributed by atoms with Crippen LogP contribution in [-0.4, -0.2) is 42.9 Å². The highest BCUT2D eigenvalue weighted by Crippen LogP contribution is 2.32. The molecule has 1 N–H and O–H groups in total. The quantitative estimate of drug-likeness (QED) is 0.522. The molecular formula is C22H23ClF3N3O2. The number of anilines is 1. The Balaban J connectivity index is 1.74. The standard InChI is InChI=1S/C22H23ClF3N3O2/c1-14(28-31-2)16-5-3-15(4-6-16)13-27-20-18-10-12-29(21(30)22(24,25)26)11-9-17(18)7-8-19(20)23/h3-8,27H,9-13H2,1-2H3. The van der Waals surface area contributed by atoms with Gasteiger partial charge in [0.2, 0.25) is 0 Å². The molecule has 2 aromatic carbocycles. The second-order valence-corrected chi connectivity index (χ2v) is 7.67. The van der Waals surface area contributed by atoms with Crippen molar-refractivity contribution < 1.29 is 22.8 Å². The summed E-state index contributed by atoms with van der Waals surface area (Å²) in [6.45, 7) is 2.36. The van der Waals surface area contributed by atoms with Gasteiger partial charge in [-0.15, -0.1) is 0 Å².